The van der Waals surface area contributed by atoms with Gasteiger partial charge in [-0.25, -0.2) is 4.99 Å². The average molecular weight is 591 g/mol. The Labute approximate surface area is 261 Å². The van der Waals surface area contributed by atoms with Crippen LogP contribution in [0.1, 0.15) is 125 Å². The number of amides is 1. The molecule has 0 radical (unpaired) electrons. The van der Waals surface area contributed by atoms with E-state index in [9.17, 15) is 9.90 Å². The molecule has 2 aromatic carbocycles. The number of aliphatic imine (C=N–C) groups is 1. The van der Waals surface area contributed by atoms with Crippen LogP contribution in [0.15, 0.2) is 29.3 Å². The summed E-state index contributed by atoms with van der Waals surface area (Å²) >= 11 is 0. The van der Waals surface area contributed by atoms with Crippen LogP contribution in [0.3, 0.4) is 0 Å². The van der Waals surface area contributed by atoms with Crippen molar-refractivity contribution >= 4 is 23.0 Å². The molecule has 230 valence electrons. The SMILES string of the molecule is CC1(C)CCN2CCC(C)(C)c3cc(C4=NC(=O)c5c(-c6cc7c8c(c6)C(C)(C)CCN8CCC7(C)C)[nH]c(O)c54)cc1c32. The van der Waals surface area contributed by atoms with E-state index < -0.39 is 0 Å². The van der Waals surface area contributed by atoms with Crippen molar-refractivity contribution in [2.75, 3.05) is 36.0 Å². The lowest BCUT2D eigenvalue weighted by atomic mass is 9.69. The molecule has 3 aromatic rings. The predicted octanol–water partition coefficient (Wildman–Crippen LogP) is 7.72. The zero-order valence-corrected chi connectivity index (χ0v) is 27.7. The number of anilines is 2. The van der Waals surface area contributed by atoms with Gasteiger partial charge < -0.3 is 19.9 Å². The van der Waals surface area contributed by atoms with E-state index in [0.717, 1.165) is 63.0 Å². The van der Waals surface area contributed by atoms with Gasteiger partial charge in [-0.15, -0.1) is 0 Å². The third kappa shape index (κ3) is 3.72. The van der Waals surface area contributed by atoms with Crippen molar-refractivity contribution in [1.82, 2.24) is 4.98 Å². The van der Waals surface area contributed by atoms with Crippen LogP contribution < -0.4 is 9.80 Å². The van der Waals surface area contributed by atoms with Crippen LogP contribution in [-0.4, -0.2) is 47.9 Å². The topological polar surface area (TPSA) is 71.9 Å². The van der Waals surface area contributed by atoms with Crippen molar-refractivity contribution < 1.29 is 9.90 Å². The van der Waals surface area contributed by atoms with Crippen molar-refractivity contribution in [2.45, 2.75) is 103 Å². The number of fused-ring (bicyclic) bond motifs is 1. The summed E-state index contributed by atoms with van der Waals surface area (Å²) in [6.07, 6.45) is 4.36. The van der Waals surface area contributed by atoms with E-state index in [1.165, 1.54) is 33.6 Å². The molecule has 44 heavy (non-hydrogen) atoms. The fourth-order valence-electron chi connectivity index (χ4n) is 8.73. The van der Waals surface area contributed by atoms with Gasteiger partial charge >= 0.3 is 0 Å². The minimum atomic E-state index is -0.278. The van der Waals surface area contributed by atoms with Crippen LogP contribution in [0.4, 0.5) is 11.4 Å². The molecule has 0 bridgehead atoms. The number of H-pyrrole nitrogens is 1. The van der Waals surface area contributed by atoms with E-state index in [4.69, 9.17) is 0 Å². The highest BCUT2D eigenvalue weighted by Gasteiger charge is 2.43. The summed E-state index contributed by atoms with van der Waals surface area (Å²) in [5, 5.41) is 11.5. The summed E-state index contributed by atoms with van der Waals surface area (Å²) in [6.45, 7) is 22.9. The Kier molecular flexibility index (Phi) is 5.46. The molecule has 8 rings (SSSR count). The van der Waals surface area contributed by atoms with Gasteiger partial charge in [0.2, 0.25) is 0 Å². The predicted molar refractivity (Wildman–Crippen MR) is 179 cm³/mol. The fraction of sp³-hybridized carbons (Fsp3) is 0.526. The quantitative estimate of drug-likeness (QED) is 0.321. The summed E-state index contributed by atoms with van der Waals surface area (Å²) < 4.78 is 0. The minimum Gasteiger partial charge on any atom is -0.494 e. The molecule has 0 spiro atoms. The van der Waals surface area contributed by atoms with Crippen LogP contribution in [0.2, 0.25) is 0 Å². The lowest BCUT2D eigenvalue weighted by Gasteiger charge is -2.48. The molecule has 1 amide bonds. The number of aromatic hydroxyl groups is 1. The van der Waals surface area contributed by atoms with Crippen molar-refractivity contribution in [3.8, 4) is 17.1 Å². The summed E-state index contributed by atoms with van der Waals surface area (Å²) in [4.78, 5) is 26.9. The van der Waals surface area contributed by atoms with Crippen LogP contribution in [-0.2, 0) is 21.7 Å². The van der Waals surface area contributed by atoms with Gasteiger partial charge in [0.15, 0.2) is 5.88 Å². The van der Waals surface area contributed by atoms with Gasteiger partial charge in [0.25, 0.3) is 5.91 Å². The van der Waals surface area contributed by atoms with E-state index in [2.05, 4.69) is 99.4 Å². The van der Waals surface area contributed by atoms with Gasteiger partial charge in [-0.1, -0.05) is 55.4 Å². The molecule has 0 atom stereocenters. The van der Waals surface area contributed by atoms with Crippen molar-refractivity contribution in [2.24, 2.45) is 4.99 Å². The van der Waals surface area contributed by atoms with Gasteiger partial charge in [0.05, 0.1) is 22.5 Å². The van der Waals surface area contributed by atoms with Gasteiger partial charge in [0, 0.05) is 43.1 Å². The van der Waals surface area contributed by atoms with Crippen molar-refractivity contribution in [3.05, 3.63) is 63.2 Å². The van der Waals surface area contributed by atoms with E-state index >= 15 is 0 Å². The van der Waals surface area contributed by atoms with Gasteiger partial charge in [-0.05, 0) is 99.4 Å². The first-order chi connectivity index (χ1) is 20.6. The number of nitrogens with zero attached hydrogens (tertiary/aromatic N) is 3. The Morgan fingerprint density at radius 3 is 1.43 bits per heavy atom. The largest absolute Gasteiger partial charge is 0.494 e. The summed E-state index contributed by atoms with van der Waals surface area (Å²) in [5.74, 6) is -0.253. The number of hydrogen-bond acceptors (Lipinski definition) is 4. The Morgan fingerprint density at radius 2 is 1.02 bits per heavy atom. The molecule has 0 fully saturated rings. The first kappa shape index (κ1) is 28.0. The molecular weight excluding hydrogens is 544 g/mol. The molecule has 1 aromatic heterocycles. The standard InChI is InChI=1S/C38H46N4O2/c1-35(2)9-13-41-14-10-36(3,4)24-18-21(17-23(35)31(24)41)29-27-28(34(44)39-29)30(40-33(27)43)22-19-25-32-26(20-22)38(7,8)12-16-42(32)15-11-37(25,5)6/h17-20,39,44H,9-16H2,1-8H3. The third-order valence-electron chi connectivity index (χ3n) is 12.0. The van der Waals surface area contributed by atoms with E-state index in [0.29, 0.717) is 22.5 Å². The Hall–Kier alpha value is -3.54. The molecule has 2 N–H and O–H groups in total. The molecule has 6 heteroatoms. The highest BCUT2D eigenvalue weighted by atomic mass is 16.3. The number of aromatic nitrogens is 1. The normalized spacial score (nSPS) is 23.2. The smallest absolute Gasteiger partial charge is 0.280 e. The zero-order valence-electron chi connectivity index (χ0n) is 27.7. The second-order valence-corrected chi connectivity index (χ2v) is 16.7. The fourth-order valence-corrected chi connectivity index (χ4v) is 8.73. The van der Waals surface area contributed by atoms with Crippen LogP contribution in [0, 0.1) is 0 Å². The Bertz CT molecular complexity index is 1740. The van der Waals surface area contributed by atoms with Crippen molar-refractivity contribution in [3.63, 3.8) is 0 Å². The lowest BCUT2D eigenvalue weighted by molar-refractivity contribution is 0.101. The number of hydrogen-bond donors (Lipinski definition) is 2. The average Bonchev–Trinajstić information content (AvgIpc) is 3.48. The number of aromatic amines is 1. The first-order valence-electron chi connectivity index (χ1n) is 16.6. The number of nitrogens with one attached hydrogen (secondary N) is 1. The Morgan fingerprint density at radius 1 is 0.636 bits per heavy atom. The van der Waals surface area contributed by atoms with E-state index in [1.807, 2.05) is 0 Å². The number of benzene rings is 2. The van der Waals surface area contributed by atoms with Crippen molar-refractivity contribution in [1.29, 1.82) is 0 Å². The van der Waals surface area contributed by atoms with Gasteiger partial charge in [-0.3, -0.25) is 4.79 Å². The van der Waals surface area contributed by atoms with E-state index in [1.54, 1.807) is 0 Å². The molecule has 0 aliphatic carbocycles. The second kappa shape index (κ2) is 8.58. The molecule has 6 nitrogen and oxygen atoms in total. The zero-order chi connectivity index (χ0) is 31.1. The second-order valence-electron chi connectivity index (χ2n) is 16.7. The molecule has 5 aliphatic rings. The molecule has 6 heterocycles. The minimum absolute atomic E-state index is 0.0133. The number of rotatable bonds is 2. The van der Waals surface area contributed by atoms with Gasteiger partial charge in [-0.2, -0.15) is 0 Å². The summed E-state index contributed by atoms with van der Waals surface area (Å²) in [5.41, 5.74) is 12.3. The van der Waals surface area contributed by atoms with Crippen LogP contribution >= 0.6 is 0 Å². The molecule has 0 unspecified atom stereocenters. The first-order valence-corrected chi connectivity index (χ1v) is 16.6. The summed E-state index contributed by atoms with van der Waals surface area (Å²) in [7, 11) is 0. The monoisotopic (exact) mass is 590 g/mol. The van der Waals surface area contributed by atoms with Gasteiger partial charge in [0.1, 0.15) is 0 Å². The highest BCUT2D eigenvalue weighted by Crippen LogP contribution is 2.53. The maximum Gasteiger partial charge on any atom is 0.280 e. The van der Waals surface area contributed by atoms with E-state index in [-0.39, 0.29) is 33.4 Å². The highest BCUT2D eigenvalue weighted by molar-refractivity contribution is 6.30. The maximum atomic E-state index is 13.8. The molecule has 0 saturated carbocycles. The lowest BCUT2D eigenvalue weighted by Crippen LogP contribution is -2.44. The van der Waals surface area contributed by atoms with Crippen LogP contribution in [0.5, 0.6) is 5.88 Å². The Balaban J connectivity index is 1.31. The van der Waals surface area contributed by atoms with Crippen LogP contribution in [0.25, 0.3) is 11.3 Å². The number of carbonyl (C=O) groups is 1. The third-order valence-corrected chi connectivity index (χ3v) is 12.0. The number of carbonyl (C=O) groups excluding carboxylic acids is 1. The molecule has 5 aliphatic heterocycles. The molecule has 0 saturated heterocycles. The maximum absolute atomic E-state index is 13.8. The summed E-state index contributed by atoms with van der Waals surface area (Å²) in [6, 6.07) is 9.04. The molecular formula is C38H46N4O2.